The lowest BCUT2D eigenvalue weighted by Crippen LogP contribution is -2.38. The summed E-state index contributed by atoms with van der Waals surface area (Å²) in [4.78, 5) is 20.9. The van der Waals surface area contributed by atoms with E-state index >= 15 is 0 Å². The predicted octanol–water partition coefficient (Wildman–Crippen LogP) is 1.15. The molecule has 1 unspecified atom stereocenters. The van der Waals surface area contributed by atoms with E-state index in [1.807, 2.05) is 4.90 Å². The molecule has 0 radical (unpaired) electrons. The largest absolute Gasteiger partial charge is 0.396 e. The maximum absolute atomic E-state index is 11.0. The summed E-state index contributed by atoms with van der Waals surface area (Å²) < 4.78 is 0. The van der Waals surface area contributed by atoms with E-state index in [1.54, 1.807) is 0 Å². The molecular formula is C11H14ClN3O2. The summed E-state index contributed by atoms with van der Waals surface area (Å²) in [5, 5.41) is 9.36. The van der Waals surface area contributed by atoms with Gasteiger partial charge in [0, 0.05) is 19.7 Å². The quantitative estimate of drug-likeness (QED) is 0.648. The van der Waals surface area contributed by atoms with Crippen LogP contribution in [0, 0.1) is 5.92 Å². The SMILES string of the molecule is O=Cc1c(Cl)ncnc1N1CCCC(CO)C1. The summed E-state index contributed by atoms with van der Waals surface area (Å²) in [5.41, 5.74) is 0.327. The Morgan fingerprint density at radius 3 is 3.12 bits per heavy atom. The topological polar surface area (TPSA) is 66.3 Å². The number of aromatic nitrogens is 2. The minimum Gasteiger partial charge on any atom is -0.396 e. The summed E-state index contributed by atoms with van der Waals surface area (Å²) in [6.45, 7) is 1.68. The third kappa shape index (κ3) is 2.56. The van der Waals surface area contributed by atoms with Crippen molar-refractivity contribution in [3.05, 3.63) is 17.0 Å². The van der Waals surface area contributed by atoms with Crippen LogP contribution in [0.5, 0.6) is 0 Å². The van der Waals surface area contributed by atoms with Crippen molar-refractivity contribution in [2.24, 2.45) is 5.92 Å². The molecule has 1 atom stereocenters. The van der Waals surface area contributed by atoms with Crippen LogP contribution in [0.4, 0.5) is 5.82 Å². The first-order chi connectivity index (χ1) is 8.26. The first kappa shape index (κ1) is 12.3. The van der Waals surface area contributed by atoms with E-state index in [0.717, 1.165) is 19.4 Å². The highest BCUT2D eigenvalue weighted by Crippen LogP contribution is 2.26. The van der Waals surface area contributed by atoms with Gasteiger partial charge in [-0.1, -0.05) is 11.6 Å². The monoisotopic (exact) mass is 255 g/mol. The van der Waals surface area contributed by atoms with Crippen molar-refractivity contribution in [1.82, 2.24) is 9.97 Å². The van der Waals surface area contributed by atoms with E-state index in [1.165, 1.54) is 6.33 Å². The smallest absolute Gasteiger partial charge is 0.156 e. The number of aldehydes is 1. The normalized spacial score (nSPS) is 20.4. The fourth-order valence-corrected chi connectivity index (χ4v) is 2.30. The summed E-state index contributed by atoms with van der Waals surface area (Å²) in [7, 11) is 0. The molecule has 0 saturated carbocycles. The molecule has 0 amide bonds. The molecule has 2 rings (SSSR count). The number of aliphatic hydroxyl groups is 1. The third-order valence-electron chi connectivity index (χ3n) is 3.01. The standard InChI is InChI=1S/C11H14ClN3O2/c12-10-9(6-17)11(14-7-13-10)15-3-1-2-8(4-15)5-16/h6-8,16H,1-5H2. The Morgan fingerprint density at radius 1 is 1.59 bits per heavy atom. The van der Waals surface area contributed by atoms with E-state index in [0.29, 0.717) is 24.2 Å². The van der Waals surface area contributed by atoms with Gasteiger partial charge in [0.25, 0.3) is 0 Å². The Morgan fingerprint density at radius 2 is 2.41 bits per heavy atom. The number of hydrogen-bond acceptors (Lipinski definition) is 5. The Hall–Kier alpha value is -1.20. The zero-order valence-corrected chi connectivity index (χ0v) is 10.1. The Labute approximate surface area is 104 Å². The molecule has 1 aliphatic rings. The lowest BCUT2D eigenvalue weighted by atomic mass is 9.99. The third-order valence-corrected chi connectivity index (χ3v) is 3.31. The van der Waals surface area contributed by atoms with Gasteiger partial charge < -0.3 is 10.0 Å². The molecule has 0 aromatic carbocycles. The molecule has 0 aliphatic carbocycles. The molecule has 1 aliphatic heterocycles. The van der Waals surface area contributed by atoms with Gasteiger partial charge >= 0.3 is 0 Å². The van der Waals surface area contributed by atoms with Crippen LogP contribution in [0.25, 0.3) is 0 Å². The van der Waals surface area contributed by atoms with E-state index in [2.05, 4.69) is 9.97 Å². The zero-order chi connectivity index (χ0) is 12.3. The highest BCUT2D eigenvalue weighted by molar-refractivity contribution is 6.32. The molecule has 1 aromatic rings. The van der Waals surface area contributed by atoms with Gasteiger partial charge in [-0.25, -0.2) is 9.97 Å². The Balaban J connectivity index is 2.27. The average Bonchev–Trinajstić information content (AvgIpc) is 2.38. The molecule has 0 spiro atoms. The van der Waals surface area contributed by atoms with Crippen molar-refractivity contribution in [3.8, 4) is 0 Å². The van der Waals surface area contributed by atoms with Crippen LogP contribution in [0.15, 0.2) is 6.33 Å². The van der Waals surface area contributed by atoms with Gasteiger partial charge in [-0.05, 0) is 18.8 Å². The minimum atomic E-state index is 0.158. The van der Waals surface area contributed by atoms with Crippen molar-refractivity contribution in [2.45, 2.75) is 12.8 Å². The highest BCUT2D eigenvalue weighted by Gasteiger charge is 2.23. The number of piperidine rings is 1. The summed E-state index contributed by atoms with van der Waals surface area (Å²) >= 11 is 5.86. The molecule has 1 saturated heterocycles. The second-order valence-electron chi connectivity index (χ2n) is 4.16. The Bertz CT molecular complexity index is 414. The molecule has 5 nitrogen and oxygen atoms in total. The lowest BCUT2D eigenvalue weighted by Gasteiger charge is -2.33. The van der Waals surface area contributed by atoms with Crippen molar-refractivity contribution in [3.63, 3.8) is 0 Å². The number of hydrogen-bond donors (Lipinski definition) is 1. The van der Waals surface area contributed by atoms with Crippen LogP contribution < -0.4 is 4.90 Å². The number of halogens is 1. The van der Waals surface area contributed by atoms with Crippen molar-refractivity contribution in [2.75, 3.05) is 24.6 Å². The van der Waals surface area contributed by atoms with Crippen LogP contribution in [0.1, 0.15) is 23.2 Å². The van der Waals surface area contributed by atoms with Gasteiger partial charge in [0.2, 0.25) is 0 Å². The van der Waals surface area contributed by atoms with Crippen molar-refractivity contribution < 1.29 is 9.90 Å². The van der Waals surface area contributed by atoms with E-state index in [4.69, 9.17) is 11.6 Å². The number of aliphatic hydroxyl groups excluding tert-OH is 1. The molecule has 1 aromatic heterocycles. The van der Waals surface area contributed by atoms with Crippen LogP contribution in [0.3, 0.4) is 0 Å². The molecular weight excluding hydrogens is 242 g/mol. The fourth-order valence-electron chi connectivity index (χ4n) is 2.13. The maximum Gasteiger partial charge on any atom is 0.156 e. The summed E-state index contributed by atoms with van der Waals surface area (Å²) in [5.74, 6) is 0.801. The zero-order valence-electron chi connectivity index (χ0n) is 9.34. The van der Waals surface area contributed by atoms with Crippen LogP contribution >= 0.6 is 11.6 Å². The molecule has 1 fully saturated rings. The lowest BCUT2D eigenvalue weighted by molar-refractivity contribution is 0.112. The van der Waals surface area contributed by atoms with Crippen LogP contribution in [-0.2, 0) is 0 Å². The molecule has 17 heavy (non-hydrogen) atoms. The second-order valence-corrected chi connectivity index (χ2v) is 4.51. The number of anilines is 1. The predicted molar refractivity (Wildman–Crippen MR) is 64.5 cm³/mol. The number of rotatable bonds is 3. The van der Waals surface area contributed by atoms with E-state index < -0.39 is 0 Å². The number of nitrogens with zero attached hydrogens (tertiary/aromatic N) is 3. The molecule has 1 N–H and O–H groups in total. The molecule has 2 heterocycles. The first-order valence-electron chi connectivity index (χ1n) is 5.57. The fraction of sp³-hybridized carbons (Fsp3) is 0.545. The minimum absolute atomic E-state index is 0.158. The maximum atomic E-state index is 11.0. The van der Waals surface area contributed by atoms with Crippen molar-refractivity contribution in [1.29, 1.82) is 0 Å². The first-order valence-corrected chi connectivity index (χ1v) is 5.95. The van der Waals surface area contributed by atoms with E-state index in [-0.39, 0.29) is 17.7 Å². The van der Waals surface area contributed by atoms with Gasteiger partial charge in [-0.3, -0.25) is 4.79 Å². The molecule has 0 bridgehead atoms. The summed E-state index contributed by atoms with van der Waals surface area (Å²) in [6, 6.07) is 0. The molecule has 92 valence electrons. The summed E-state index contributed by atoms with van der Waals surface area (Å²) in [6.07, 6.45) is 4.01. The number of carbonyl (C=O) groups is 1. The Kier molecular flexibility index (Phi) is 3.91. The highest BCUT2D eigenvalue weighted by atomic mass is 35.5. The van der Waals surface area contributed by atoms with E-state index in [9.17, 15) is 9.90 Å². The van der Waals surface area contributed by atoms with Gasteiger partial charge in [0.15, 0.2) is 6.29 Å². The second kappa shape index (κ2) is 5.42. The van der Waals surface area contributed by atoms with Crippen LogP contribution in [0.2, 0.25) is 5.15 Å². The van der Waals surface area contributed by atoms with Crippen LogP contribution in [-0.4, -0.2) is 41.1 Å². The average molecular weight is 256 g/mol. The van der Waals surface area contributed by atoms with Gasteiger partial charge in [-0.2, -0.15) is 0 Å². The van der Waals surface area contributed by atoms with Gasteiger partial charge in [-0.15, -0.1) is 0 Å². The van der Waals surface area contributed by atoms with Crippen molar-refractivity contribution >= 4 is 23.7 Å². The molecule has 6 heteroatoms. The number of carbonyl (C=O) groups excluding carboxylic acids is 1. The van der Waals surface area contributed by atoms with Gasteiger partial charge in [0.1, 0.15) is 17.3 Å². The van der Waals surface area contributed by atoms with Gasteiger partial charge in [0.05, 0.1) is 5.56 Å².